The summed E-state index contributed by atoms with van der Waals surface area (Å²) < 4.78 is 1.69. The first-order chi connectivity index (χ1) is 14.8. The summed E-state index contributed by atoms with van der Waals surface area (Å²) in [6, 6.07) is 30.6. The topological polar surface area (TPSA) is 34.9 Å². The highest BCUT2D eigenvalue weighted by molar-refractivity contribution is 7.98. The minimum absolute atomic E-state index is 0.00355. The molecule has 5 aromatic rings. The van der Waals surface area contributed by atoms with Crippen LogP contribution in [0.15, 0.2) is 107 Å². The molecule has 0 aliphatic heterocycles. The van der Waals surface area contributed by atoms with E-state index < -0.39 is 0 Å². The molecule has 0 atom stereocenters. The van der Waals surface area contributed by atoms with Gasteiger partial charge in [0.05, 0.1) is 23.8 Å². The van der Waals surface area contributed by atoms with Crippen LogP contribution in [0.5, 0.6) is 0 Å². The van der Waals surface area contributed by atoms with Crippen LogP contribution in [0.4, 0.5) is 0 Å². The van der Waals surface area contributed by atoms with E-state index in [0.29, 0.717) is 11.9 Å². The van der Waals surface area contributed by atoms with Crippen LogP contribution in [-0.2, 0) is 12.3 Å². The molecule has 0 aliphatic carbocycles. The molecule has 146 valence electrons. The lowest BCUT2D eigenvalue weighted by Gasteiger charge is -2.12. The van der Waals surface area contributed by atoms with E-state index in [1.165, 1.54) is 5.56 Å². The molecule has 5 rings (SSSR count). The number of aromatic nitrogens is 2. The van der Waals surface area contributed by atoms with Crippen molar-refractivity contribution in [1.82, 2.24) is 9.55 Å². The maximum absolute atomic E-state index is 13.3. The third kappa shape index (κ3) is 3.62. The van der Waals surface area contributed by atoms with Gasteiger partial charge in [-0.1, -0.05) is 84.9 Å². The number of hydrogen-bond donors (Lipinski definition) is 0. The average molecular weight is 409 g/mol. The number of nitrogens with zero attached hydrogens (tertiary/aromatic N) is 2. The molecule has 0 unspecified atom stereocenters. The van der Waals surface area contributed by atoms with Gasteiger partial charge >= 0.3 is 0 Å². The predicted octanol–water partition coefficient (Wildman–Crippen LogP) is 5.89. The van der Waals surface area contributed by atoms with Crippen LogP contribution in [0, 0.1) is 0 Å². The Hall–Kier alpha value is -3.37. The van der Waals surface area contributed by atoms with Crippen molar-refractivity contribution < 1.29 is 0 Å². The normalized spacial score (nSPS) is 11.2. The Morgan fingerprint density at radius 1 is 0.733 bits per heavy atom. The van der Waals surface area contributed by atoms with E-state index in [0.717, 1.165) is 32.5 Å². The number of thioether (sulfide) groups is 1. The van der Waals surface area contributed by atoms with Crippen molar-refractivity contribution >= 4 is 33.4 Å². The van der Waals surface area contributed by atoms with Crippen molar-refractivity contribution in [3.8, 4) is 0 Å². The van der Waals surface area contributed by atoms with Gasteiger partial charge in [-0.25, -0.2) is 4.98 Å². The van der Waals surface area contributed by atoms with Gasteiger partial charge in [0.25, 0.3) is 5.56 Å². The molecule has 4 heteroatoms. The molecule has 0 amide bonds. The van der Waals surface area contributed by atoms with Crippen molar-refractivity contribution in [1.29, 1.82) is 0 Å². The second kappa shape index (κ2) is 8.17. The molecule has 4 aromatic carbocycles. The molecular weight excluding hydrogens is 388 g/mol. The highest BCUT2D eigenvalue weighted by Crippen LogP contribution is 2.34. The smallest absolute Gasteiger partial charge is 0.261 e. The van der Waals surface area contributed by atoms with Gasteiger partial charge in [-0.05, 0) is 22.6 Å². The van der Waals surface area contributed by atoms with Gasteiger partial charge in [0.2, 0.25) is 0 Å². The van der Waals surface area contributed by atoms with Gasteiger partial charge in [0, 0.05) is 16.0 Å². The number of fused-ring (bicyclic) bond motifs is 3. The van der Waals surface area contributed by atoms with Crippen LogP contribution in [0.25, 0.3) is 21.7 Å². The third-order valence-corrected chi connectivity index (χ3v) is 6.36. The first-order valence-electron chi connectivity index (χ1n) is 9.91. The van der Waals surface area contributed by atoms with Gasteiger partial charge in [-0.2, -0.15) is 0 Å². The van der Waals surface area contributed by atoms with Gasteiger partial charge in [-0.3, -0.25) is 9.36 Å². The molecule has 0 aliphatic rings. The first kappa shape index (κ1) is 18.6. The lowest BCUT2D eigenvalue weighted by atomic mass is 10.1. The summed E-state index contributed by atoms with van der Waals surface area (Å²) in [6.07, 6.45) is 1.67. The molecule has 1 heterocycles. The largest absolute Gasteiger partial charge is 0.294 e. The van der Waals surface area contributed by atoms with E-state index in [2.05, 4.69) is 41.4 Å². The summed E-state index contributed by atoms with van der Waals surface area (Å²) in [5.74, 6) is 0.856. The van der Waals surface area contributed by atoms with Crippen molar-refractivity contribution in [2.75, 3.05) is 0 Å². The average Bonchev–Trinajstić information content (AvgIpc) is 2.81. The minimum Gasteiger partial charge on any atom is -0.294 e. The summed E-state index contributed by atoms with van der Waals surface area (Å²) in [4.78, 5) is 19.1. The highest BCUT2D eigenvalue weighted by Gasteiger charge is 2.12. The molecule has 30 heavy (non-hydrogen) atoms. The minimum atomic E-state index is -0.00355. The molecule has 0 saturated heterocycles. The summed E-state index contributed by atoms with van der Waals surface area (Å²) in [6.45, 7) is 0.516. The molecule has 3 nitrogen and oxygen atoms in total. The second-order valence-corrected chi connectivity index (χ2v) is 8.27. The number of rotatable bonds is 5. The van der Waals surface area contributed by atoms with Crippen molar-refractivity contribution in [2.24, 2.45) is 0 Å². The molecular formula is C26H20N2OS. The van der Waals surface area contributed by atoms with Gasteiger partial charge < -0.3 is 0 Å². The zero-order chi connectivity index (χ0) is 20.3. The monoisotopic (exact) mass is 408 g/mol. The van der Waals surface area contributed by atoms with E-state index in [4.69, 9.17) is 0 Å². The van der Waals surface area contributed by atoms with Crippen molar-refractivity contribution in [2.45, 2.75) is 17.2 Å². The van der Waals surface area contributed by atoms with E-state index in [1.54, 1.807) is 22.7 Å². The summed E-state index contributed by atoms with van der Waals surface area (Å²) in [5, 5.41) is 2.83. The molecule has 0 N–H and O–H groups in total. The fourth-order valence-electron chi connectivity index (χ4n) is 3.71. The Labute approximate surface area is 179 Å². The SMILES string of the molecule is O=c1c2cc(SCc3ccccc3)c3ccccc3c2ncn1Cc1ccccc1. The Balaban J connectivity index is 1.61. The van der Waals surface area contributed by atoms with E-state index in [-0.39, 0.29) is 5.56 Å². The summed E-state index contributed by atoms with van der Waals surface area (Å²) in [7, 11) is 0. The summed E-state index contributed by atoms with van der Waals surface area (Å²) >= 11 is 1.76. The number of hydrogen-bond acceptors (Lipinski definition) is 3. The van der Waals surface area contributed by atoms with Gasteiger partial charge in [0.15, 0.2) is 0 Å². The molecule has 1 aromatic heterocycles. The fraction of sp³-hybridized carbons (Fsp3) is 0.0769. The van der Waals surface area contributed by atoms with Crippen LogP contribution in [0.3, 0.4) is 0 Å². The Morgan fingerprint density at radius 3 is 2.10 bits per heavy atom. The Bertz CT molecular complexity index is 1380. The Morgan fingerprint density at radius 2 is 1.37 bits per heavy atom. The zero-order valence-electron chi connectivity index (χ0n) is 16.4. The van der Waals surface area contributed by atoms with Crippen LogP contribution in [0.1, 0.15) is 11.1 Å². The molecule has 0 saturated carbocycles. The Kier molecular flexibility index (Phi) is 5.08. The maximum atomic E-state index is 13.3. The molecule has 0 spiro atoms. The quantitative estimate of drug-likeness (QED) is 0.269. The van der Waals surface area contributed by atoms with Crippen LogP contribution in [0.2, 0.25) is 0 Å². The summed E-state index contributed by atoms with van der Waals surface area (Å²) in [5.41, 5.74) is 3.11. The van der Waals surface area contributed by atoms with E-state index in [1.807, 2.05) is 54.6 Å². The predicted molar refractivity (Wildman–Crippen MR) is 125 cm³/mol. The van der Waals surface area contributed by atoms with E-state index in [9.17, 15) is 4.79 Å². The number of benzene rings is 4. The van der Waals surface area contributed by atoms with Crippen molar-refractivity contribution in [3.63, 3.8) is 0 Å². The van der Waals surface area contributed by atoms with Crippen LogP contribution >= 0.6 is 11.8 Å². The lowest BCUT2D eigenvalue weighted by molar-refractivity contribution is 0.748. The fourth-order valence-corrected chi connectivity index (χ4v) is 4.76. The highest BCUT2D eigenvalue weighted by atomic mass is 32.2. The van der Waals surface area contributed by atoms with Crippen LogP contribution < -0.4 is 5.56 Å². The second-order valence-electron chi connectivity index (χ2n) is 7.25. The van der Waals surface area contributed by atoms with Gasteiger partial charge in [-0.15, -0.1) is 11.8 Å². The zero-order valence-corrected chi connectivity index (χ0v) is 17.2. The third-order valence-electron chi connectivity index (χ3n) is 5.23. The van der Waals surface area contributed by atoms with Crippen LogP contribution in [-0.4, -0.2) is 9.55 Å². The van der Waals surface area contributed by atoms with E-state index >= 15 is 0 Å². The maximum Gasteiger partial charge on any atom is 0.261 e. The first-order valence-corrected chi connectivity index (χ1v) is 10.9. The molecule has 0 radical (unpaired) electrons. The molecule has 0 bridgehead atoms. The van der Waals surface area contributed by atoms with Gasteiger partial charge in [0.1, 0.15) is 0 Å². The lowest BCUT2D eigenvalue weighted by Crippen LogP contribution is -2.21. The molecule has 0 fully saturated rings. The van der Waals surface area contributed by atoms with Crippen molar-refractivity contribution in [3.05, 3.63) is 119 Å². The standard InChI is InChI=1S/C26H20N2OS/c29-26-23-15-24(30-17-20-11-5-2-6-12-20)21-13-7-8-14-22(21)25(23)27-18-28(26)16-19-9-3-1-4-10-19/h1-15,18H,16-17H2.